The van der Waals surface area contributed by atoms with Crippen molar-refractivity contribution >= 4 is 49.0 Å². The van der Waals surface area contributed by atoms with E-state index in [1.807, 2.05) is 0 Å². The highest BCUT2D eigenvalue weighted by molar-refractivity contribution is 9.12. The van der Waals surface area contributed by atoms with E-state index in [2.05, 4.69) is 37.0 Å². The second-order valence-corrected chi connectivity index (χ2v) is 7.28. The molecule has 0 N–H and O–H groups in total. The third-order valence-electron chi connectivity index (χ3n) is 2.30. The van der Waals surface area contributed by atoms with Crippen LogP contribution in [0.2, 0.25) is 0 Å². The van der Waals surface area contributed by atoms with Gasteiger partial charge in [0.25, 0.3) is 5.56 Å². The molecule has 0 atom stereocenters. The van der Waals surface area contributed by atoms with Crippen LogP contribution in [0.15, 0.2) is 30.6 Å². The number of hydrogen-bond donors (Lipinski definition) is 0. The monoisotopic (exact) mass is 406 g/mol. The van der Waals surface area contributed by atoms with Crippen molar-refractivity contribution in [1.82, 2.24) is 9.78 Å². The predicted molar refractivity (Wildman–Crippen MR) is 79.1 cm³/mol. The molecule has 0 bridgehead atoms. The second-order valence-electron chi connectivity index (χ2n) is 3.53. The number of ether oxygens (including phenoxy) is 1. The maximum absolute atomic E-state index is 12.1. The highest BCUT2D eigenvalue weighted by atomic mass is 79.9. The fourth-order valence-electron chi connectivity index (χ4n) is 1.40. The average molecular weight is 408 g/mol. The Hall–Kier alpha value is -0.990. The number of carbonyl (C=O) groups is 1. The molecule has 0 spiro atoms. The number of hydrogen-bond acceptors (Lipinski definition) is 5. The summed E-state index contributed by atoms with van der Waals surface area (Å²) in [5, 5.41) is 3.93. The van der Waals surface area contributed by atoms with Gasteiger partial charge in [-0.25, -0.2) is 4.68 Å². The molecule has 100 valence electrons. The fraction of sp³-hybridized carbons (Fsp3) is 0.182. The number of carbonyl (C=O) groups excluding carboxylic acids is 1. The van der Waals surface area contributed by atoms with Gasteiger partial charge in [0.05, 0.1) is 14.7 Å². The van der Waals surface area contributed by atoms with E-state index in [4.69, 9.17) is 4.74 Å². The third kappa shape index (κ3) is 3.31. The van der Waals surface area contributed by atoms with Gasteiger partial charge in [-0.15, -0.1) is 16.4 Å². The summed E-state index contributed by atoms with van der Waals surface area (Å²) in [7, 11) is 1.45. The van der Waals surface area contributed by atoms with Crippen LogP contribution in [-0.4, -0.2) is 22.7 Å². The topological polar surface area (TPSA) is 61.2 Å². The molecule has 0 aromatic carbocycles. The molecular formula is C11H8Br2N2O3S. The maximum atomic E-state index is 12.1. The highest BCUT2D eigenvalue weighted by Gasteiger charge is 2.15. The van der Waals surface area contributed by atoms with Crippen LogP contribution in [-0.2, 0) is 6.54 Å². The van der Waals surface area contributed by atoms with Gasteiger partial charge in [0, 0.05) is 17.7 Å². The zero-order valence-electron chi connectivity index (χ0n) is 9.72. The zero-order chi connectivity index (χ0) is 14.0. The first-order valence-electron chi connectivity index (χ1n) is 5.11. The summed E-state index contributed by atoms with van der Waals surface area (Å²) >= 11 is 8.02. The minimum Gasteiger partial charge on any atom is -0.480 e. The van der Waals surface area contributed by atoms with Crippen molar-refractivity contribution in [1.29, 1.82) is 0 Å². The molecule has 5 nitrogen and oxygen atoms in total. The van der Waals surface area contributed by atoms with Crippen molar-refractivity contribution in [3.63, 3.8) is 0 Å². The molecule has 0 unspecified atom stereocenters. The Kier molecular flexibility index (Phi) is 4.54. The Labute approximate surface area is 129 Å². The zero-order valence-corrected chi connectivity index (χ0v) is 13.7. The molecule has 0 radical (unpaired) electrons. The second kappa shape index (κ2) is 5.98. The van der Waals surface area contributed by atoms with Gasteiger partial charge in [-0.1, -0.05) is 0 Å². The molecule has 0 aliphatic carbocycles. The van der Waals surface area contributed by atoms with E-state index in [1.54, 1.807) is 6.07 Å². The predicted octanol–water partition coefficient (Wildman–Crippen LogP) is 2.72. The molecule has 0 aliphatic heterocycles. The lowest BCUT2D eigenvalue weighted by Gasteiger charge is -2.05. The number of thiophene rings is 1. The van der Waals surface area contributed by atoms with Crippen LogP contribution in [0.1, 0.15) is 10.4 Å². The molecule has 0 saturated heterocycles. The van der Waals surface area contributed by atoms with E-state index in [1.165, 1.54) is 30.6 Å². The fourth-order valence-corrected chi connectivity index (χ4v) is 4.26. The van der Waals surface area contributed by atoms with Crippen molar-refractivity contribution in [3.8, 4) is 5.88 Å². The molecule has 2 aromatic heterocycles. The summed E-state index contributed by atoms with van der Waals surface area (Å²) in [6.07, 6.45) is 0. The van der Waals surface area contributed by atoms with E-state index in [9.17, 15) is 9.59 Å². The number of nitrogens with zero attached hydrogens (tertiary/aromatic N) is 2. The van der Waals surface area contributed by atoms with Crippen LogP contribution in [0.3, 0.4) is 0 Å². The van der Waals surface area contributed by atoms with Gasteiger partial charge in [0.1, 0.15) is 6.54 Å². The Bertz CT molecular complexity index is 681. The quantitative estimate of drug-likeness (QED) is 0.731. The van der Waals surface area contributed by atoms with Gasteiger partial charge < -0.3 is 4.74 Å². The molecule has 2 aromatic rings. The largest absolute Gasteiger partial charge is 0.480 e. The van der Waals surface area contributed by atoms with Gasteiger partial charge >= 0.3 is 0 Å². The van der Waals surface area contributed by atoms with Crippen LogP contribution >= 0.6 is 43.2 Å². The normalized spacial score (nSPS) is 10.5. The van der Waals surface area contributed by atoms with Gasteiger partial charge in [-0.2, -0.15) is 0 Å². The van der Waals surface area contributed by atoms with Crippen LogP contribution in [0.25, 0.3) is 0 Å². The SMILES string of the molecule is COc1ccc(=O)n(CC(=O)c2cc(Br)sc2Br)n1. The van der Waals surface area contributed by atoms with Crippen LogP contribution in [0, 0.1) is 0 Å². The lowest BCUT2D eigenvalue weighted by atomic mass is 10.2. The standard InChI is InChI=1S/C11H8Br2N2O3S/c1-18-9-2-3-10(17)15(14-9)5-7(16)6-4-8(12)19-11(6)13/h2-4H,5H2,1H3. The number of Topliss-reactive ketones (excluding diaryl/α,β-unsaturated/α-hetero) is 1. The van der Waals surface area contributed by atoms with Crippen LogP contribution < -0.4 is 10.3 Å². The summed E-state index contributed by atoms with van der Waals surface area (Å²) in [4.78, 5) is 23.7. The minimum atomic E-state index is -0.348. The van der Waals surface area contributed by atoms with E-state index < -0.39 is 0 Å². The molecule has 0 saturated carbocycles. The first-order valence-corrected chi connectivity index (χ1v) is 7.51. The van der Waals surface area contributed by atoms with Crippen molar-refractivity contribution < 1.29 is 9.53 Å². The Morgan fingerprint density at radius 1 is 1.47 bits per heavy atom. The summed E-state index contributed by atoms with van der Waals surface area (Å²) in [6.45, 7) is -0.127. The summed E-state index contributed by atoms with van der Waals surface area (Å²) in [5.74, 6) is 0.0923. The summed E-state index contributed by atoms with van der Waals surface area (Å²) in [5.41, 5.74) is 0.174. The maximum Gasteiger partial charge on any atom is 0.267 e. The van der Waals surface area contributed by atoms with Crippen molar-refractivity contribution in [2.75, 3.05) is 7.11 Å². The first-order chi connectivity index (χ1) is 9.01. The molecule has 19 heavy (non-hydrogen) atoms. The highest BCUT2D eigenvalue weighted by Crippen LogP contribution is 2.32. The minimum absolute atomic E-state index is 0.127. The van der Waals surface area contributed by atoms with Gasteiger partial charge in [-0.05, 0) is 37.9 Å². The smallest absolute Gasteiger partial charge is 0.267 e. The van der Waals surface area contributed by atoms with E-state index in [-0.39, 0.29) is 23.8 Å². The molecule has 8 heteroatoms. The van der Waals surface area contributed by atoms with Crippen molar-refractivity contribution in [2.24, 2.45) is 0 Å². The van der Waals surface area contributed by atoms with E-state index >= 15 is 0 Å². The van der Waals surface area contributed by atoms with Crippen molar-refractivity contribution in [2.45, 2.75) is 6.54 Å². The Balaban J connectivity index is 2.28. The Morgan fingerprint density at radius 2 is 2.21 bits per heavy atom. The molecule has 2 heterocycles. The lowest BCUT2D eigenvalue weighted by Crippen LogP contribution is -2.26. The van der Waals surface area contributed by atoms with Crippen molar-refractivity contribution in [3.05, 3.63) is 41.7 Å². The molecule has 0 amide bonds. The third-order valence-corrected chi connectivity index (χ3v) is 4.64. The number of rotatable bonds is 4. The number of aromatic nitrogens is 2. The Morgan fingerprint density at radius 3 is 2.79 bits per heavy atom. The molecule has 0 fully saturated rings. The van der Waals surface area contributed by atoms with Crippen LogP contribution in [0.5, 0.6) is 5.88 Å². The van der Waals surface area contributed by atoms with Gasteiger partial charge in [0.15, 0.2) is 5.78 Å². The number of ketones is 1. The first kappa shape index (κ1) is 14.4. The average Bonchev–Trinajstić information content (AvgIpc) is 2.71. The van der Waals surface area contributed by atoms with Gasteiger partial charge in [-0.3, -0.25) is 9.59 Å². The van der Waals surface area contributed by atoms with E-state index in [0.29, 0.717) is 5.56 Å². The molecular weight excluding hydrogens is 400 g/mol. The molecule has 0 aliphatic rings. The lowest BCUT2D eigenvalue weighted by molar-refractivity contribution is 0.0964. The number of methoxy groups -OCH3 is 1. The summed E-state index contributed by atoms with van der Waals surface area (Å²) in [6, 6.07) is 4.49. The number of halogens is 2. The molecule has 2 rings (SSSR count). The summed E-state index contributed by atoms with van der Waals surface area (Å²) < 4.78 is 7.57. The van der Waals surface area contributed by atoms with Crippen LogP contribution in [0.4, 0.5) is 0 Å². The van der Waals surface area contributed by atoms with Gasteiger partial charge in [0.2, 0.25) is 5.88 Å². The van der Waals surface area contributed by atoms with E-state index in [0.717, 1.165) is 12.3 Å².